The van der Waals surface area contributed by atoms with Crippen LogP contribution in [0.5, 0.6) is 0 Å². The molecule has 3 amide bonds. The summed E-state index contributed by atoms with van der Waals surface area (Å²) in [7, 11) is 0. The van der Waals surface area contributed by atoms with Gasteiger partial charge in [-0.1, -0.05) is 44.4 Å². The maximum Gasteiger partial charge on any atom is 0.227 e. The van der Waals surface area contributed by atoms with Crippen molar-refractivity contribution in [3.63, 3.8) is 0 Å². The van der Waals surface area contributed by atoms with Gasteiger partial charge in [0, 0.05) is 37.6 Å². The number of hydrogen-bond acceptors (Lipinski definition) is 4. The fourth-order valence-electron chi connectivity index (χ4n) is 6.27. The largest absolute Gasteiger partial charge is 0.355 e. The van der Waals surface area contributed by atoms with Gasteiger partial charge in [0.15, 0.2) is 0 Å². The van der Waals surface area contributed by atoms with Gasteiger partial charge < -0.3 is 21.3 Å². The van der Waals surface area contributed by atoms with E-state index in [0.29, 0.717) is 51.2 Å². The molecule has 3 unspecified atom stereocenters. The molecule has 2 rings (SSSR count). The molecule has 0 aromatic carbocycles. The van der Waals surface area contributed by atoms with Crippen LogP contribution in [0.3, 0.4) is 0 Å². The van der Waals surface area contributed by atoms with Crippen molar-refractivity contribution in [3.8, 4) is 0 Å². The molecular formula is C31H54N4O3. The van der Waals surface area contributed by atoms with Crippen LogP contribution in [0.15, 0.2) is 24.8 Å². The third-order valence-electron chi connectivity index (χ3n) is 8.56. The van der Waals surface area contributed by atoms with Crippen LogP contribution in [0, 0.1) is 23.2 Å². The second kappa shape index (κ2) is 14.9. The Bertz CT molecular complexity index is 817. The lowest BCUT2D eigenvalue weighted by Crippen LogP contribution is -2.57. The summed E-state index contributed by atoms with van der Waals surface area (Å²) >= 11 is 0. The maximum atomic E-state index is 13.6. The number of nitrogens with zero attached hydrogens (tertiary/aromatic N) is 1. The monoisotopic (exact) mass is 530 g/mol. The molecule has 1 aliphatic carbocycles. The highest BCUT2D eigenvalue weighted by atomic mass is 16.2. The van der Waals surface area contributed by atoms with E-state index in [-0.39, 0.29) is 47.6 Å². The van der Waals surface area contributed by atoms with Crippen LogP contribution in [0.1, 0.15) is 98.8 Å². The predicted molar refractivity (Wildman–Crippen MR) is 155 cm³/mol. The van der Waals surface area contributed by atoms with Gasteiger partial charge in [-0.05, 0) is 78.1 Å². The van der Waals surface area contributed by atoms with Gasteiger partial charge in [0.1, 0.15) is 0 Å². The van der Waals surface area contributed by atoms with Crippen molar-refractivity contribution >= 4 is 17.7 Å². The standard InChI is InChI=1S/C31H54N4O3/c1-7-9-16-25(27(32)23(3)13-8-2)28(37)33-20-17-26(36)35-21-18-31(19-22-35,24-14-11-10-12-15-24)29(38)34-30(4,5)6/h7-8,13,23-25,27H,1,9-12,14-22,32H2,2-6H3,(H,33,37)(H,34,38)/b13-8-. The Morgan fingerprint density at radius 2 is 1.76 bits per heavy atom. The molecule has 1 heterocycles. The molecule has 0 bridgehead atoms. The smallest absolute Gasteiger partial charge is 0.227 e. The molecule has 0 aromatic heterocycles. The summed E-state index contributed by atoms with van der Waals surface area (Å²) in [5.74, 6) is 0.226. The minimum Gasteiger partial charge on any atom is -0.355 e. The van der Waals surface area contributed by atoms with Crippen molar-refractivity contribution in [3.05, 3.63) is 24.8 Å². The maximum absolute atomic E-state index is 13.6. The number of nitrogens with one attached hydrogen (secondary N) is 2. The van der Waals surface area contributed by atoms with E-state index in [1.165, 1.54) is 19.3 Å². The fourth-order valence-corrected chi connectivity index (χ4v) is 6.27. The molecule has 3 atom stereocenters. The van der Waals surface area contributed by atoms with E-state index in [0.717, 1.165) is 12.8 Å². The number of piperidine rings is 1. The van der Waals surface area contributed by atoms with E-state index in [4.69, 9.17) is 5.73 Å². The zero-order valence-electron chi connectivity index (χ0n) is 24.7. The fraction of sp³-hybridized carbons (Fsp3) is 0.774. The van der Waals surface area contributed by atoms with Gasteiger partial charge in [-0.25, -0.2) is 0 Å². The lowest BCUT2D eigenvalue weighted by molar-refractivity contribution is -0.146. The Kier molecular flexibility index (Phi) is 12.5. The highest BCUT2D eigenvalue weighted by Crippen LogP contribution is 2.46. The molecule has 7 heteroatoms. The number of likely N-dealkylation sites (tertiary alicyclic amines) is 1. The Balaban J connectivity index is 1.95. The van der Waals surface area contributed by atoms with Gasteiger partial charge in [-0.3, -0.25) is 14.4 Å². The third-order valence-corrected chi connectivity index (χ3v) is 8.56. The number of carbonyl (C=O) groups is 3. The van der Waals surface area contributed by atoms with Crippen molar-refractivity contribution in [2.45, 2.75) is 110 Å². The summed E-state index contributed by atoms with van der Waals surface area (Å²) in [6, 6.07) is -0.295. The number of carbonyl (C=O) groups excluding carboxylic acids is 3. The number of allylic oxidation sites excluding steroid dienone is 2. The molecule has 1 aliphatic heterocycles. The van der Waals surface area contributed by atoms with Gasteiger partial charge in [-0.15, -0.1) is 6.58 Å². The Morgan fingerprint density at radius 1 is 1.13 bits per heavy atom. The van der Waals surface area contributed by atoms with Crippen LogP contribution in [-0.4, -0.2) is 53.8 Å². The van der Waals surface area contributed by atoms with Crippen molar-refractivity contribution in [1.29, 1.82) is 0 Å². The normalized spacial score (nSPS) is 20.9. The molecule has 0 spiro atoms. The second-order valence-electron chi connectivity index (χ2n) is 12.6. The quantitative estimate of drug-likeness (QED) is 0.318. The predicted octanol–water partition coefficient (Wildman–Crippen LogP) is 4.72. The van der Waals surface area contributed by atoms with E-state index in [1.54, 1.807) is 0 Å². The lowest BCUT2D eigenvalue weighted by atomic mass is 9.63. The zero-order chi connectivity index (χ0) is 28.3. The SMILES string of the molecule is C=CCCC(C(=O)NCCC(=O)N1CCC(C(=O)NC(C)(C)C)(C2CCCCC2)CC1)C(N)C(C)/C=C\C. The van der Waals surface area contributed by atoms with Crippen LogP contribution in [-0.2, 0) is 14.4 Å². The van der Waals surface area contributed by atoms with Gasteiger partial charge in [-0.2, -0.15) is 0 Å². The van der Waals surface area contributed by atoms with Crippen LogP contribution in [0.4, 0.5) is 0 Å². The van der Waals surface area contributed by atoms with Gasteiger partial charge in [0.05, 0.1) is 11.3 Å². The average molecular weight is 531 g/mol. The van der Waals surface area contributed by atoms with Crippen LogP contribution >= 0.6 is 0 Å². The highest BCUT2D eigenvalue weighted by Gasteiger charge is 2.48. The van der Waals surface area contributed by atoms with Gasteiger partial charge in [0.2, 0.25) is 17.7 Å². The van der Waals surface area contributed by atoms with Crippen LogP contribution < -0.4 is 16.4 Å². The van der Waals surface area contributed by atoms with E-state index >= 15 is 0 Å². The van der Waals surface area contributed by atoms with Crippen molar-refractivity contribution < 1.29 is 14.4 Å². The van der Waals surface area contributed by atoms with Crippen molar-refractivity contribution in [2.24, 2.45) is 28.9 Å². The molecule has 4 N–H and O–H groups in total. The van der Waals surface area contributed by atoms with E-state index in [2.05, 4.69) is 17.2 Å². The first-order chi connectivity index (χ1) is 17.9. The first-order valence-corrected chi connectivity index (χ1v) is 14.8. The van der Waals surface area contributed by atoms with E-state index in [1.807, 2.05) is 57.7 Å². The summed E-state index contributed by atoms with van der Waals surface area (Å²) in [4.78, 5) is 41.5. The minimum absolute atomic E-state index is 0.0352. The van der Waals surface area contributed by atoms with Gasteiger partial charge in [0.25, 0.3) is 0 Å². The molecule has 216 valence electrons. The van der Waals surface area contributed by atoms with E-state index < -0.39 is 5.41 Å². The number of amides is 3. The first kappa shape index (κ1) is 32.1. The third kappa shape index (κ3) is 8.96. The van der Waals surface area contributed by atoms with E-state index in [9.17, 15) is 14.4 Å². The molecule has 7 nitrogen and oxygen atoms in total. The molecule has 0 radical (unpaired) electrons. The zero-order valence-corrected chi connectivity index (χ0v) is 24.7. The molecule has 0 aromatic rings. The Labute approximate surface area is 231 Å². The van der Waals surface area contributed by atoms with Crippen molar-refractivity contribution in [2.75, 3.05) is 19.6 Å². The lowest BCUT2D eigenvalue weighted by Gasteiger charge is -2.47. The topological polar surface area (TPSA) is 105 Å². The summed E-state index contributed by atoms with van der Waals surface area (Å²) in [6.45, 7) is 15.3. The first-order valence-electron chi connectivity index (χ1n) is 14.8. The summed E-state index contributed by atoms with van der Waals surface area (Å²) < 4.78 is 0. The molecular weight excluding hydrogens is 476 g/mol. The highest BCUT2D eigenvalue weighted by molar-refractivity contribution is 5.85. The van der Waals surface area contributed by atoms with Gasteiger partial charge >= 0.3 is 0 Å². The minimum atomic E-state index is -0.392. The number of rotatable bonds is 12. The van der Waals surface area contributed by atoms with Crippen LogP contribution in [0.2, 0.25) is 0 Å². The Hall–Kier alpha value is -2.15. The summed E-state index contributed by atoms with van der Waals surface area (Å²) in [6.07, 6.45) is 14.6. The number of hydrogen-bond donors (Lipinski definition) is 3. The molecule has 2 aliphatic rings. The molecule has 38 heavy (non-hydrogen) atoms. The van der Waals surface area contributed by atoms with Crippen molar-refractivity contribution in [1.82, 2.24) is 15.5 Å². The second-order valence-corrected chi connectivity index (χ2v) is 12.6. The Morgan fingerprint density at radius 3 is 2.32 bits per heavy atom. The summed E-state index contributed by atoms with van der Waals surface area (Å²) in [5, 5.41) is 6.22. The average Bonchev–Trinajstić information content (AvgIpc) is 2.88. The molecule has 1 saturated heterocycles. The van der Waals surface area contributed by atoms with Crippen LogP contribution in [0.25, 0.3) is 0 Å². The summed E-state index contributed by atoms with van der Waals surface area (Å²) in [5.41, 5.74) is 5.76. The molecule has 2 fully saturated rings. The number of nitrogens with two attached hydrogens (primary N) is 1. The molecule has 1 saturated carbocycles.